The maximum absolute atomic E-state index is 11.8. The molecule has 106 valence electrons. The van der Waals surface area contributed by atoms with Crippen LogP contribution in [0.2, 0.25) is 0 Å². The van der Waals surface area contributed by atoms with Crippen LogP contribution in [0.3, 0.4) is 0 Å². The molecule has 0 aromatic rings. The topological polar surface area (TPSA) is 55.6 Å². The summed E-state index contributed by atoms with van der Waals surface area (Å²) < 4.78 is 39.9. The monoisotopic (exact) mass is 268 g/mol. The van der Waals surface area contributed by atoms with Crippen molar-refractivity contribution in [2.45, 2.75) is 37.9 Å². The van der Waals surface area contributed by atoms with Crippen LogP contribution >= 0.6 is 0 Å². The van der Waals surface area contributed by atoms with Crippen LogP contribution in [0.5, 0.6) is 0 Å². The second-order valence-corrected chi connectivity index (χ2v) is 4.38. The lowest BCUT2D eigenvalue weighted by Crippen LogP contribution is -2.46. The number of halogens is 3. The normalized spacial score (nSPS) is 16.4. The molecule has 4 nitrogen and oxygen atoms in total. The summed E-state index contributed by atoms with van der Waals surface area (Å²) in [6.45, 7) is -0.679. The number of ether oxygens (including phenoxy) is 1. The Kier molecular flexibility index (Phi) is 5.87. The maximum Gasteiger partial charge on any atom is 0.411 e. The molecule has 0 spiro atoms. The van der Waals surface area contributed by atoms with E-state index >= 15 is 0 Å². The number of carbonyl (C=O) groups excluding carboxylic acids is 1. The Morgan fingerprint density at radius 1 is 1.39 bits per heavy atom. The summed E-state index contributed by atoms with van der Waals surface area (Å²) in [7, 11) is 0. The van der Waals surface area contributed by atoms with E-state index in [0.29, 0.717) is 13.1 Å². The quantitative estimate of drug-likeness (QED) is 0.708. The fraction of sp³-hybridized carbons (Fsp3) is 0.909. The molecule has 1 aliphatic carbocycles. The molecule has 18 heavy (non-hydrogen) atoms. The van der Waals surface area contributed by atoms with Gasteiger partial charge in [-0.1, -0.05) is 0 Å². The zero-order valence-corrected chi connectivity index (χ0v) is 10.2. The summed E-state index contributed by atoms with van der Waals surface area (Å²) in [6, 6.07) is 0.212. The molecule has 0 atom stereocenters. The predicted molar refractivity (Wildman–Crippen MR) is 59.9 cm³/mol. The number of hydrogen-bond acceptors (Lipinski definition) is 3. The van der Waals surface area contributed by atoms with Crippen molar-refractivity contribution in [1.29, 1.82) is 0 Å². The van der Waals surface area contributed by atoms with Gasteiger partial charge in [0.05, 0.1) is 13.0 Å². The first-order chi connectivity index (χ1) is 8.44. The largest absolute Gasteiger partial charge is 0.411 e. The van der Waals surface area contributed by atoms with E-state index in [1.807, 2.05) is 0 Å². The molecule has 0 aliphatic heterocycles. The van der Waals surface area contributed by atoms with Crippen molar-refractivity contribution in [3.8, 4) is 0 Å². The Morgan fingerprint density at radius 2 is 2.06 bits per heavy atom. The Hall–Kier alpha value is -0.820. The number of hydrogen-bond donors (Lipinski definition) is 1. The van der Waals surface area contributed by atoms with Crippen LogP contribution in [-0.2, 0) is 9.53 Å². The van der Waals surface area contributed by atoms with E-state index in [4.69, 9.17) is 5.73 Å². The minimum Gasteiger partial charge on any atom is -0.372 e. The number of rotatable bonds is 7. The number of alkyl halides is 3. The molecule has 0 bridgehead atoms. The highest BCUT2D eigenvalue weighted by Gasteiger charge is 2.29. The molecule has 0 unspecified atom stereocenters. The third-order valence-electron chi connectivity index (χ3n) is 2.93. The molecule has 2 N–H and O–H groups in total. The molecule has 1 saturated carbocycles. The van der Waals surface area contributed by atoms with Gasteiger partial charge in [0.2, 0.25) is 5.91 Å². The van der Waals surface area contributed by atoms with E-state index in [9.17, 15) is 18.0 Å². The summed E-state index contributed by atoms with van der Waals surface area (Å²) >= 11 is 0. The molecule has 0 aromatic heterocycles. The maximum atomic E-state index is 11.8. The zero-order valence-electron chi connectivity index (χ0n) is 10.2. The van der Waals surface area contributed by atoms with Gasteiger partial charge in [-0.25, -0.2) is 0 Å². The molecule has 7 heteroatoms. The molecule has 1 fully saturated rings. The Morgan fingerprint density at radius 3 is 2.50 bits per heavy atom. The van der Waals surface area contributed by atoms with Crippen molar-refractivity contribution in [2.24, 2.45) is 5.73 Å². The van der Waals surface area contributed by atoms with Gasteiger partial charge in [-0.05, 0) is 19.3 Å². The summed E-state index contributed by atoms with van der Waals surface area (Å²) in [5.41, 5.74) is 5.42. The zero-order chi connectivity index (χ0) is 13.6. The van der Waals surface area contributed by atoms with Gasteiger partial charge in [-0.3, -0.25) is 4.79 Å². The lowest BCUT2D eigenvalue weighted by Gasteiger charge is -2.37. The van der Waals surface area contributed by atoms with E-state index in [1.54, 1.807) is 4.90 Å². The number of carbonyl (C=O) groups is 1. The van der Waals surface area contributed by atoms with Crippen molar-refractivity contribution in [2.75, 3.05) is 26.3 Å². The highest BCUT2D eigenvalue weighted by molar-refractivity contribution is 5.76. The van der Waals surface area contributed by atoms with E-state index in [0.717, 1.165) is 19.3 Å². The minimum absolute atomic E-state index is 0.0212. The van der Waals surface area contributed by atoms with Gasteiger partial charge in [0.1, 0.15) is 6.61 Å². The van der Waals surface area contributed by atoms with Gasteiger partial charge >= 0.3 is 6.18 Å². The van der Waals surface area contributed by atoms with E-state index in [1.165, 1.54) is 0 Å². The highest BCUT2D eigenvalue weighted by Crippen LogP contribution is 2.25. The Bertz CT molecular complexity index is 268. The standard InChI is InChI=1S/C11H19F3N2O2/c12-11(13,14)8-18-7-4-10(17)16(6-5-15)9-2-1-3-9/h9H,1-8,15H2. The molecule has 0 saturated heterocycles. The fourth-order valence-corrected chi connectivity index (χ4v) is 1.84. The van der Waals surface area contributed by atoms with Gasteiger partial charge in [0.15, 0.2) is 0 Å². The molecular formula is C11H19F3N2O2. The van der Waals surface area contributed by atoms with Gasteiger partial charge in [-0.2, -0.15) is 13.2 Å². The van der Waals surface area contributed by atoms with Gasteiger partial charge in [0.25, 0.3) is 0 Å². The third kappa shape index (κ3) is 5.22. The summed E-state index contributed by atoms with van der Waals surface area (Å²) in [6.07, 6.45) is -1.37. The molecular weight excluding hydrogens is 249 g/mol. The first-order valence-electron chi connectivity index (χ1n) is 6.08. The van der Waals surface area contributed by atoms with E-state index in [2.05, 4.69) is 4.74 Å². The van der Waals surface area contributed by atoms with Crippen LogP contribution in [0.25, 0.3) is 0 Å². The second kappa shape index (κ2) is 6.94. The summed E-state index contributed by atoms with van der Waals surface area (Å²) in [5.74, 6) is -0.174. The van der Waals surface area contributed by atoms with Gasteiger partial charge in [-0.15, -0.1) is 0 Å². The second-order valence-electron chi connectivity index (χ2n) is 4.38. The first kappa shape index (κ1) is 15.2. The summed E-state index contributed by atoms with van der Waals surface area (Å²) in [4.78, 5) is 13.5. The fourth-order valence-electron chi connectivity index (χ4n) is 1.84. The van der Waals surface area contributed by atoms with Crippen molar-refractivity contribution in [3.63, 3.8) is 0 Å². The molecule has 1 amide bonds. The van der Waals surface area contributed by atoms with Crippen LogP contribution in [0.1, 0.15) is 25.7 Å². The average Bonchev–Trinajstić information content (AvgIpc) is 2.19. The van der Waals surface area contributed by atoms with Gasteiger partial charge in [0, 0.05) is 19.1 Å². The molecule has 0 radical (unpaired) electrons. The van der Waals surface area contributed by atoms with Crippen molar-refractivity contribution in [3.05, 3.63) is 0 Å². The Balaban J connectivity index is 2.24. The van der Waals surface area contributed by atoms with Crippen LogP contribution in [-0.4, -0.2) is 49.3 Å². The minimum atomic E-state index is -4.34. The number of nitrogens with two attached hydrogens (primary N) is 1. The molecule has 1 rings (SSSR count). The highest BCUT2D eigenvalue weighted by atomic mass is 19.4. The van der Waals surface area contributed by atoms with Crippen molar-refractivity contribution in [1.82, 2.24) is 4.90 Å². The average molecular weight is 268 g/mol. The van der Waals surface area contributed by atoms with Crippen molar-refractivity contribution >= 4 is 5.91 Å². The third-order valence-corrected chi connectivity index (χ3v) is 2.93. The van der Waals surface area contributed by atoms with E-state index in [-0.39, 0.29) is 25.0 Å². The van der Waals surface area contributed by atoms with Crippen molar-refractivity contribution < 1.29 is 22.7 Å². The van der Waals surface area contributed by atoms with Gasteiger partial charge < -0.3 is 15.4 Å². The van der Waals surface area contributed by atoms with Crippen LogP contribution in [0.15, 0.2) is 0 Å². The lowest BCUT2D eigenvalue weighted by molar-refractivity contribution is -0.175. The van der Waals surface area contributed by atoms with Crippen LogP contribution in [0, 0.1) is 0 Å². The number of nitrogens with zero attached hydrogens (tertiary/aromatic N) is 1. The lowest BCUT2D eigenvalue weighted by atomic mass is 9.91. The SMILES string of the molecule is NCCN(C(=O)CCOCC(F)(F)F)C1CCC1. The summed E-state index contributed by atoms with van der Waals surface area (Å²) in [5, 5.41) is 0. The first-order valence-corrected chi connectivity index (χ1v) is 6.08. The molecule has 0 heterocycles. The number of amides is 1. The van der Waals surface area contributed by atoms with E-state index < -0.39 is 12.8 Å². The Labute approximate surface area is 104 Å². The molecule has 1 aliphatic rings. The van der Waals surface area contributed by atoms with Crippen LogP contribution in [0.4, 0.5) is 13.2 Å². The predicted octanol–water partition coefficient (Wildman–Crippen LogP) is 1.30. The molecule has 0 aromatic carbocycles. The smallest absolute Gasteiger partial charge is 0.372 e. The van der Waals surface area contributed by atoms with Crippen LogP contribution < -0.4 is 5.73 Å².